The van der Waals surface area contributed by atoms with Crippen LogP contribution in [0.25, 0.3) is 0 Å². The summed E-state index contributed by atoms with van der Waals surface area (Å²) in [4.78, 5) is 26.1. The van der Waals surface area contributed by atoms with Crippen LogP contribution in [-0.2, 0) is 28.5 Å². The number of carbonyl (C=O) groups is 2. The van der Waals surface area contributed by atoms with E-state index in [1.165, 1.54) is 19.1 Å². The van der Waals surface area contributed by atoms with Gasteiger partial charge in [0, 0.05) is 20.6 Å². The summed E-state index contributed by atoms with van der Waals surface area (Å²) in [5.41, 5.74) is -2.17. The Bertz CT molecular complexity index is 533. The number of rotatable bonds is 4. The topological polar surface area (TPSA) is 104 Å². The molecule has 0 saturated carbocycles. The molecule has 150 valence electrons. The number of hydrogen-bond donors (Lipinski definition) is 1. The van der Waals surface area contributed by atoms with Crippen LogP contribution in [0.3, 0.4) is 0 Å². The normalized spacial score (nSPS) is 34.1. The summed E-state index contributed by atoms with van der Waals surface area (Å²) >= 11 is 0. The molecule has 2 heterocycles. The summed E-state index contributed by atoms with van der Waals surface area (Å²) in [6, 6.07) is -0.549. The zero-order valence-electron chi connectivity index (χ0n) is 16.2. The quantitative estimate of drug-likeness (QED) is 0.701. The van der Waals surface area contributed by atoms with Crippen LogP contribution >= 0.6 is 0 Å². The van der Waals surface area contributed by atoms with Crippen molar-refractivity contribution in [2.75, 3.05) is 34.5 Å². The minimum absolute atomic E-state index is 0.135. The maximum absolute atomic E-state index is 12.5. The molecule has 1 amide bonds. The van der Waals surface area contributed by atoms with Gasteiger partial charge in [-0.05, 0) is 20.8 Å². The molecule has 0 radical (unpaired) electrons. The number of ether oxygens (including phenoxy) is 5. The zero-order valence-corrected chi connectivity index (χ0v) is 16.2. The second-order valence-corrected chi connectivity index (χ2v) is 7.66. The van der Waals surface area contributed by atoms with E-state index in [9.17, 15) is 14.7 Å². The van der Waals surface area contributed by atoms with Crippen LogP contribution in [0, 0.1) is 0 Å². The van der Waals surface area contributed by atoms with E-state index in [1.807, 2.05) is 0 Å². The smallest absolute Gasteiger partial charge is 0.410 e. The van der Waals surface area contributed by atoms with Crippen LogP contribution in [0.15, 0.2) is 0 Å². The fourth-order valence-electron chi connectivity index (χ4n) is 3.41. The number of hydrogen-bond acceptors (Lipinski definition) is 8. The second kappa shape index (κ2) is 7.67. The number of likely N-dealkylation sites (N-methyl/N-ethyl adjacent to an activating group) is 1. The van der Waals surface area contributed by atoms with Crippen LogP contribution in [-0.4, -0.2) is 92.1 Å². The van der Waals surface area contributed by atoms with Gasteiger partial charge in [0.1, 0.15) is 17.8 Å². The number of esters is 1. The highest BCUT2D eigenvalue weighted by molar-refractivity contribution is 5.80. The van der Waals surface area contributed by atoms with Crippen LogP contribution < -0.4 is 0 Å². The molecule has 0 unspecified atom stereocenters. The molecule has 26 heavy (non-hydrogen) atoms. The molecule has 9 nitrogen and oxygen atoms in total. The van der Waals surface area contributed by atoms with Gasteiger partial charge in [-0.1, -0.05) is 0 Å². The molecule has 5 atom stereocenters. The maximum Gasteiger partial charge on any atom is 0.410 e. The predicted molar refractivity (Wildman–Crippen MR) is 89.6 cm³/mol. The molecule has 9 heteroatoms. The van der Waals surface area contributed by atoms with E-state index in [0.29, 0.717) is 0 Å². The summed E-state index contributed by atoms with van der Waals surface area (Å²) < 4.78 is 27.4. The Morgan fingerprint density at radius 3 is 2.46 bits per heavy atom. The van der Waals surface area contributed by atoms with E-state index in [2.05, 4.69) is 0 Å². The molecular weight excluding hydrogens is 346 g/mol. The third-order valence-electron chi connectivity index (χ3n) is 4.70. The lowest BCUT2D eigenvalue weighted by atomic mass is 9.92. The number of methoxy groups -OCH3 is 2. The standard InChI is InChI=1S/C17H29NO8/c1-16(2,3)26-15(21)18(4)12-11(22-5)8-24-10-7-17(9-19,14(20)23-6)25-13(10)12/h10-13,19H,7-9H2,1-6H3/t10-,11-,12-,13+,17+/m1/s1. The number of carbonyl (C=O) groups excluding carboxylic acids is 2. The Kier molecular flexibility index (Phi) is 6.17. The van der Waals surface area contributed by atoms with Gasteiger partial charge in [0.25, 0.3) is 0 Å². The van der Waals surface area contributed by atoms with Gasteiger partial charge in [-0.25, -0.2) is 9.59 Å². The van der Waals surface area contributed by atoms with E-state index in [-0.39, 0.29) is 13.0 Å². The molecular formula is C17H29NO8. The van der Waals surface area contributed by atoms with Crippen molar-refractivity contribution in [2.45, 2.75) is 62.7 Å². The first-order valence-electron chi connectivity index (χ1n) is 8.56. The molecule has 0 aromatic rings. The van der Waals surface area contributed by atoms with E-state index in [1.54, 1.807) is 27.8 Å². The molecule has 0 aliphatic carbocycles. The number of aliphatic hydroxyl groups excluding tert-OH is 1. The highest BCUT2D eigenvalue weighted by atomic mass is 16.6. The Morgan fingerprint density at radius 2 is 1.96 bits per heavy atom. The first-order valence-corrected chi connectivity index (χ1v) is 8.56. The number of fused-ring (bicyclic) bond motifs is 1. The van der Waals surface area contributed by atoms with Crippen molar-refractivity contribution in [3.63, 3.8) is 0 Å². The van der Waals surface area contributed by atoms with Gasteiger partial charge in [0.2, 0.25) is 0 Å². The van der Waals surface area contributed by atoms with E-state index >= 15 is 0 Å². The van der Waals surface area contributed by atoms with Crippen LogP contribution in [0.5, 0.6) is 0 Å². The second-order valence-electron chi connectivity index (χ2n) is 7.66. The van der Waals surface area contributed by atoms with Crippen LogP contribution in [0.1, 0.15) is 27.2 Å². The largest absolute Gasteiger partial charge is 0.467 e. The van der Waals surface area contributed by atoms with Crippen molar-refractivity contribution in [2.24, 2.45) is 0 Å². The lowest BCUT2D eigenvalue weighted by Gasteiger charge is -2.43. The van der Waals surface area contributed by atoms with Crippen molar-refractivity contribution in [1.82, 2.24) is 4.90 Å². The summed E-state index contributed by atoms with van der Waals surface area (Å²) in [6.45, 7) is 5.01. The van der Waals surface area contributed by atoms with Crippen molar-refractivity contribution in [3.05, 3.63) is 0 Å². The predicted octanol–water partition coefficient (Wildman–Crippen LogP) is 0.329. The molecule has 0 aromatic heterocycles. The van der Waals surface area contributed by atoms with Crippen LogP contribution in [0.2, 0.25) is 0 Å². The molecule has 2 aliphatic rings. The lowest BCUT2D eigenvalue weighted by molar-refractivity contribution is -0.190. The van der Waals surface area contributed by atoms with Gasteiger partial charge in [-0.3, -0.25) is 0 Å². The summed E-state index contributed by atoms with van der Waals surface area (Å²) in [6.07, 6.45) is -2.02. The van der Waals surface area contributed by atoms with Crippen molar-refractivity contribution in [3.8, 4) is 0 Å². The number of amides is 1. The highest BCUT2D eigenvalue weighted by Crippen LogP contribution is 2.40. The first-order chi connectivity index (χ1) is 12.1. The molecule has 2 fully saturated rings. The fraction of sp³-hybridized carbons (Fsp3) is 0.882. The van der Waals surface area contributed by atoms with Gasteiger partial charge in [0.05, 0.1) is 32.5 Å². The van der Waals surface area contributed by atoms with Gasteiger partial charge in [0.15, 0.2) is 5.60 Å². The zero-order chi connectivity index (χ0) is 19.7. The van der Waals surface area contributed by atoms with Crippen molar-refractivity contribution in [1.29, 1.82) is 0 Å². The minimum atomic E-state index is -1.51. The maximum atomic E-state index is 12.5. The van der Waals surface area contributed by atoms with Gasteiger partial charge in [-0.15, -0.1) is 0 Å². The molecule has 1 N–H and O–H groups in total. The number of nitrogens with zero attached hydrogens (tertiary/aromatic N) is 1. The summed E-state index contributed by atoms with van der Waals surface area (Å²) in [5.74, 6) is -0.675. The highest BCUT2D eigenvalue weighted by Gasteiger charge is 2.59. The molecule has 2 rings (SSSR count). The van der Waals surface area contributed by atoms with E-state index in [4.69, 9.17) is 23.7 Å². The first kappa shape index (κ1) is 20.9. The third-order valence-corrected chi connectivity index (χ3v) is 4.70. The van der Waals surface area contributed by atoms with E-state index < -0.39 is 54.2 Å². The Labute approximate surface area is 153 Å². The molecule has 0 spiro atoms. The SMILES string of the molecule is COC(=O)[C@@]1(CO)C[C@H]2OC[C@@H](OC)[C@@H](N(C)C(=O)OC(C)(C)C)[C@H]2O1. The van der Waals surface area contributed by atoms with Crippen LogP contribution in [0.4, 0.5) is 4.79 Å². The average molecular weight is 375 g/mol. The minimum Gasteiger partial charge on any atom is -0.467 e. The molecule has 0 bridgehead atoms. The molecule has 2 aliphatic heterocycles. The number of aliphatic hydroxyl groups is 1. The van der Waals surface area contributed by atoms with Crippen molar-refractivity contribution >= 4 is 12.1 Å². The van der Waals surface area contributed by atoms with E-state index in [0.717, 1.165) is 0 Å². The Balaban J connectivity index is 2.28. The Hall–Kier alpha value is -1.42. The van der Waals surface area contributed by atoms with Crippen molar-refractivity contribution < 1.29 is 38.4 Å². The fourth-order valence-corrected chi connectivity index (χ4v) is 3.41. The molecule has 0 aromatic carbocycles. The summed E-state index contributed by atoms with van der Waals surface area (Å²) in [5, 5.41) is 9.76. The van der Waals surface area contributed by atoms with Gasteiger partial charge >= 0.3 is 12.1 Å². The van der Waals surface area contributed by atoms with Gasteiger partial charge in [-0.2, -0.15) is 0 Å². The van der Waals surface area contributed by atoms with Gasteiger partial charge < -0.3 is 33.7 Å². The third kappa shape index (κ3) is 3.95. The molecule has 2 saturated heterocycles. The lowest BCUT2D eigenvalue weighted by Crippen LogP contribution is -2.61. The summed E-state index contributed by atoms with van der Waals surface area (Å²) in [7, 11) is 4.33. The monoisotopic (exact) mass is 375 g/mol. The Morgan fingerprint density at radius 1 is 1.31 bits per heavy atom. The average Bonchev–Trinajstić information content (AvgIpc) is 2.97.